The molecule has 1 fully saturated rings. The highest BCUT2D eigenvalue weighted by molar-refractivity contribution is 5.88. The number of hydrogen-bond donors (Lipinski definition) is 1. The van der Waals surface area contributed by atoms with Crippen molar-refractivity contribution in [3.05, 3.63) is 95.3 Å². The van der Waals surface area contributed by atoms with Gasteiger partial charge >= 0.3 is 0 Å². The molecule has 39 heavy (non-hydrogen) atoms. The summed E-state index contributed by atoms with van der Waals surface area (Å²) in [5.41, 5.74) is 2.71. The lowest BCUT2D eigenvalue weighted by molar-refractivity contribution is -0.141. The Hall–Kier alpha value is -3.87. The highest BCUT2D eigenvalue weighted by atomic mass is 19.1. The van der Waals surface area contributed by atoms with Crippen LogP contribution in [0.25, 0.3) is 0 Å². The maximum absolute atomic E-state index is 13.9. The second-order valence-electron chi connectivity index (χ2n) is 10.4. The Morgan fingerprint density at radius 1 is 0.872 bits per heavy atom. The normalized spacial score (nSPS) is 15.5. The van der Waals surface area contributed by atoms with Crippen LogP contribution in [-0.2, 0) is 29.0 Å². The van der Waals surface area contributed by atoms with Gasteiger partial charge in [0.25, 0.3) is 0 Å². The number of amides is 2. The van der Waals surface area contributed by atoms with Gasteiger partial charge < -0.3 is 19.7 Å². The molecule has 0 saturated heterocycles. The van der Waals surface area contributed by atoms with E-state index in [1.165, 1.54) is 18.6 Å². The Bertz CT molecular complexity index is 1260. The maximum atomic E-state index is 13.9. The number of fused-ring (bicyclic) bond motifs is 1. The van der Waals surface area contributed by atoms with E-state index in [1.807, 2.05) is 48.5 Å². The van der Waals surface area contributed by atoms with Crippen LogP contribution >= 0.6 is 0 Å². The van der Waals surface area contributed by atoms with Crippen LogP contribution in [-0.4, -0.2) is 35.6 Å². The van der Waals surface area contributed by atoms with E-state index in [-0.39, 0.29) is 43.4 Å². The molecule has 0 spiro atoms. The van der Waals surface area contributed by atoms with Crippen LogP contribution in [0.15, 0.2) is 72.8 Å². The van der Waals surface area contributed by atoms with Crippen molar-refractivity contribution in [2.75, 3.05) is 6.79 Å². The predicted molar refractivity (Wildman–Crippen MR) is 147 cm³/mol. The number of benzene rings is 3. The number of ether oxygens (including phenoxy) is 2. The second-order valence-corrected chi connectivity index (χ2v) is 10.4. The molecule has 0 unspecified atom stereocenters. The van der Waals surface area contributed by atoms with Gasteiger partial charge in [-0.15, -0.1) is 0 Å². The third kappa shape index (κ3) is 7.16. The highest BCUT2D eigenvalue weighted by Gasteiger charge is 2.32. The standard InChI is InChI=1S/C32H35FN2O4/c33-26-15-11-25(12-16-26)21-35(31(36)18-14-24-13-17-29-30(20-24)39-22-38-29)28(19-23-7-3-1-4-8-23)32(37)34-27-9-5-2-6-10-27/h1,3-4,7-8,11-13,15-17,20,27-28H,2,5-6,9-10,14,18-19,21-22H2,(H,34,37)/t28-/m0/s1. The van der Waals surface area contributed by atoms with Crippen molar-refractivity contribution in [2.45, 2.75) is 70.0 Å². The lowest BCUT2D eigenvalue weighted by atomic mass is 9.94. The topological polar surface area (TPSA) is 67.9 Å². The zero-order valence-corrected chi connectivity index (χ0v) is 22.1. The second kappa shape index (κ2) is 12.8. The van der Waals surface area contributed by atoms with Gasteiger partial charge in [-0.25, -0.2) is 4.39 Å². The van der Waals surface area contributed by atoms with E-state index in [1.54, 1.807) is 17.0 Å². The summed E-state index contributed by atoms with van der Waals surface area (Å²) in [6.07, 6.45) is 6.43. The average Bonchev–Trinajstić information content (AvgIpc) is 3.44. The minimum atomic E-state index is -0.691. The molecule has 3 aromatic rings. The number of halogens is 1. The van der Waals surface area contributed by atoms with E-state index in [4.69, 9.17) is 9.47 Å². The molecule has 5 rings (SSSR count). The third-order valence-electron chi connectivity index (χ3n) is 7.55. The van der Waals surface area contributed by atoms with Crippen molar-refractivity contribution in [3.63, 3.8) is 0 Å². The van der Waals surface area contributed by atoms with E-state index < -0.39 is 6.04 Å². The van der Waals surface area contributed by atoms with Crippen molar-refractivity contribution >= 4 is 11.8 Å². The molecule has 204 valence electrons. The molecule has 1 aliphatic heterocycles. The van der Waals surface area contributed by atoms with E-state index in [2.05, 4.69) is 5.32 Å². The molecular weight excluding hydrogens is 495 g/mol. The Labute approximate surface area is 229 Å². The molecule has 3 aromatic carbocycles. The molecule has 0 aromatic heterocycles. The van der Waals surface area contributed by atoms with Gasteiger partial charge in [-0.05, 0) is 60.2 Å². The Morgan fingerprint density at radius 3 is 2.36 bits per heavy atom. The number of carbonyl (C=O) groups is 2. The highest BCUT2D eigenvalue weighted by Crippen LogP contribution is 2.33. The summed E-state index contributed by atoms with van der Waals surface area (Å²) in [4.78, 5) is 29.4. The zero-order valence-electron chi connectivity index (χ0n) is 22.1. The van der Waals surface area contributed by atoms with Crippen molar-refractivity contribution in [1.82, 2.24) is 10.2 Å². The van der Waals surface area contributed by atoms with Gasteiger partial charge in [0, 0.05) is 25.4 Å². The fourth-order valence-corrected chi connectivity index (χ4v) is 5.38. The van der Waals surface area contributed by atoms with Gasteiger partial charge in [-0.3, -0.25) is 9.59 Å². The monoisotopic (exact) mass is 530 g/mol. The van der Waals surface area contributed by atoms with Gasteiger partial charge in [0.2, 0.25) is 18.6 Å². The molecule has 0 bridgehead atoms. The number of aryl methyl sites for hydroxylation is 1. The quantitative estimate of drug-likeness (QED) is 0.372. The van der Waals surface area contributed by atoms with Crippen LogP contribution in [0.3, 0.4) is 0 Å². The van der Waals surface area contributed by atoms with Crippen molar-refractivity contribution in [3.8, 4) is 11.5 Å². The molecule has 1 saturated carbocycles. The first-order chi connectivity index (χ1) is 19.0. The molecule has 2 amide bonds. The smallest absolute Gasteiger partial charge is 0.243 e. The van der Waals surface area contributed by atoms with Gasteiger partial charge in [0.05, 0.1) is 0 Å². The van der Waals surface area contributed by atoms with Crippen LogP contribution in [0.5, 0.6) is 11.5 Å². The van der Waals surface area contributed by atoms with E-state index in [0.29, 0.717) is 24.3 Å². The summed E-state index contributed by atoms with van der Waals surface area (Å²) in [7, 11) is 0. The first-order valence-corrected chi connectivity index (χ1v) is 13.8. The lowest BCUT2D eigenvalue weighted by Crippen LogP contribution is -2.52. The Kier molecular flexibility index (Phi) is 8.76. The molecule has 7 heteroatoms. The summed E-state index contributed by atoms with van der Waals surface area (Å²) in [5, 5.41) is 3.25. The molecule has 1 atom stereocenters. The van der Waals surface area contributed by atoms with E-state index in [0.717, 1.165) is 42.4 Å². The summed E-state index contributed by atoms with van der Waals surface area (Å²) in [6.45, 7) is 0.413. The minimum Gasteiger partial charge on any atom is -0.454 e. The van der Waals surface area contributed by atoms with Crippen LogP contribution in [0.1, 0.15) is 55.2 Å². The molecule has 0 radical (unpaired) electrons. The first-order valence-electron chi connectivity index (χ1n) is 13.8. The fraction of sp³-hybridized carbons (Fsp3) is 0.375. The number of nitrogens with one attached hydrogen (secondary N) is 1. The zero-order chi connectivity index (χ0) is 27.0. The maximum Gasteiger partial charge on any atom is 0.243 e. The fourth-order valence-electron chi connectivity index (χ4n) is 5.38. The van der Waals surface area contributed by atoms with Crippen molar-refractivity contribution in [1.29, 1.82) is 0 Å². The van der Waals surface area contributed by atoms with Gasteiger partial charge in [0.15, 0.2) is 11.5 Å². The lowest BCUT2D eigenvalue weighted by Gasteiger charge is -2.33. The number of nitrogens with zero attached hydrogens (tertiary/aromatic N) is 1. The number of carbonyl (C=O) groups excluding carboxylic acids is 2. The van der Waals surface area contributed by atoms with Crippen molar-refractivity contribution < 1.29 is 23.5 Å². The molecular formula is C32H35FN2O4. The van der Waals surface area contributed by atoms with Crippen LogP contribution in [0.2, 0.25) is 0 Å². The summed E-state index contributed by atoms with van der Waals surface area (Å²) >= 11 is 0. The Morgan fingerprint density at radius 2 is 1.59 bits per heavy atom. The van der Waals surface area contributed by atoms with Gasteiger partial charge in [-0.2, -0.15) is 0 Å². The van der Waals surface area contributed by atoms with E-state index >= 15 is 0 Å². The van der Waals surface area contributed by atoms with Gasteiger partial charge in [-0.1, -0.05) is 67.8 Å². The summed E-state index contributed by atoms with van der Waals surface area (Å²) < 4.78 is 24.5. The number of rotatable bonds is 10. The van der Waals surface area contributed by atoms with E-state index in [9.17, 15) is 14.0 Å². The first kappa shape index (κ1) is 26.7. The molecule has 1 heterocycles. The Balaban J connectivity index is 1.39. The van der Waals surface area contributed by atoms with Crippen LogP contribution in [0, 0.1) is 5.82 Å². The number of hydrogen-bond acceptors (Lipinski definition) is 4. The van der Waals surface area contributed by atoms with Crippen LogP contribution < -0.4 is 14.8 Å². The largest absolute Gasteiger partial charge is 0.454 e. The van der Waals surface area contributed by atoms with Crippen molar-refractivity contribution in [2.24, 2.45) is 0 Å². The summed E-state index contributed by atoms with van der Waals surface area (Å²) in [6, 6.07) is 21.0. The minimum absolute atomic E-state index is 0.126. The van der Waals surface area contributed by atoms with Crippen LogP contribution in [0.4, 0.5) is 4.39 Å². The summed E-state index contributed by atoms with van der Waals surface area (Å²) in [5.74, 6) is 0.776. The average molecular weight is 531 g/mol. The third-order valence-corrected chi connectivity index (χ3v) is 7.55. The molecule has 6 nitrogen and oxygen atoms in total. The molecule has 2 aliphatic rings. The molecule has 1 N–H and O–H groups in total. The SMILES string of the molecule is O=C(NC1CCCCC1)[C@H](Cc1ccccc1)N(Cc1ccc(F)cc1)C(=O)CCc1ccc2c(c1)OCO2. The molecule has 1 aliphatic carbocycles. The van der Waals surface area contributed by atoms with Gasteiger partial charge in [0.1, 0.15) is 11.9 Å². The predicted octanol–water partition coefficient (Wildman–Crippen LogP) is 5.58.